The molecule has 1 fully saturated rings. The Labute approximate surface area is 139 Å². The van der Waals surface area contributed by atoms with Gasteiger partial charge in [-0.15, -0.1) is 0 Å². The first-order valence-corrected chi connectivity index (χ1v) is 8.17. The summed E-state index contributed by atoms with van der Waals surface area (Å²) in [4.78, 5) is 31.3. The minimum absolute atomic E-state index is 0.0493. The number of halogens is 1. The first-order chi connectivity index (χ1) is 11.1. The number of rotatable bonds is 3. The summed E-state index contributed by atoms with van der Waals surface area (Å²) in [5.74, 6) is 0.0641. The fraction of sp³-hybridized carbons (Fsp3) is 0.353. The molecule has 2 N–H and O–H groups in total. The van der Waals surface area contributed by atoms with Gasteiger partial charge in [0, 0.05) is 22.8 Å². The summed E-state index contributed by atoms with van der Waals surface area (Å²) >= 11 is 5.84. The van der Waals surface area contributed by atoms with Crippen molar-refractivity contribution in [1.82, 2.24) is 15.3 Å². The first kappa shape index (κ1) is 15.7. The standard InChI is InChI=1S/C17H18ClN3O2/c18-12-8-6-11(7-9-12)15-19-10-14(17(23)21-15)16(22)20-13-4-2-1-3-5-13/h6-10,13H,1-5H2,(H,20,22)(H,19,21,23). The molecule has 0 saturated heterocycles. The Morgan fingerprint density at radius 1 is 1.17 bits per heavy atom. The average Bonchev–Trinajstić information content (AvgIpc) is 2.56. The highest BCUT2D eigenvalue weighted by molar-refractivity contribution is 6.30. The van der Waals surface area contributed by atoms with Crippen molar-refractivity contribution >= 4 is 17.5 Å². The third-order valence-electron chi connectivity index (χ3n) is 4.10. The van der Waals surface area contributed by atoms with E-state index in [4.69, 9.17) is 11.6 Å². The van der Waals surface area contributed by atoms with E-state index < -0.39 is 5.56 Å². The van der Waals surface area contributed by atoms with E-state index >= 15 is 0 Å². The number of aromatic nitrogens is 2. The van der Waals surface area contributed by atoms with Gasteiger partial charge in [0.05, 0.1) is 0 Å². The fourth-order valence-corrected chi connectivity index (χ4v) is 2.95. The highest BCUT2D eigenvalue weighted by atomic mass is 35.5. The third-order valence-corrected chi connectivity index (χ3v) is 4.35. The Bertz CT molecular complexity index is 749. The number of hydrogen-bond acceptors (Lipinski definition) is 3. The summed E-state index contributed by atoms with van der Waals surface area (Å²) in [5.41, 5.74) is 0.359. The summed E-state index contributed by atoms with van der Waals surface area (Å²) in [6, 6.07) is 7.14. The first-order valence-electron chi connectivity index (χ1n) is 7.79. The molecule has 1 aromatic carbocycles. The van der Waals surface area contributed by atoms with Gasteiger partial charge in [0.1, 0.15) is 11.4 Å². The van der Waals surface area contributed by atoms with Gasteiger partial charge in [0.15, 0.2) is 0 Å². The Morgan fingerprint density at radius 2 is 1.87 bits per heavy atom. The van der Waals surface area contributed by atoms with Crippen LogP contribution in [0.25, 0.3) is 11.4 Å². The van der Waals surface area contributed by atoms with Crippen LogP contribution in [-0.4, -0.2) is 21.9 Å². The number of carbonyl (C=O) groups is 1. The van der Waals surface area contributed by atoms with E-state index in [-0.39, 0.29) is 17.5 Å². The second-order valence-electron chi connectivity index (χ2n) is 5.79. The quantitative estimate of drug-likeness (QED) is 0.907. The molecule has 120 valence electrons. The molecular formula is C17H18ClN3O2. The van der Waals surface area contributed by atoms with Gasteiger partial charge in [0.25, 0.3) is 11.5 Å². The minimum atomic E-state index is -0.432. The van der Waals surface area contributed by atoms with Gasteiger partial charge in [-0.2, -0.15) is 0 Å². The van der Waals surface area contributed by atoms with Crippen LogP contribution in [0.3, 0.4) is 0 Å². The largest absolute Gasteiger partial charge is 0.349 e. The molecule has 6 heteroatoms. The molecule has 0 aliphatic heterocycles. The van der Waals surface area contributed by atoms with Gasteiger partial charge in [-0.3, -0.25) is 9.59 Å². The Kier molecular flexibility index (Phi) is 4.76. The van der Waals surface area contributed by atoms with Gasteiger partial charge in [-0.1, -0.05) is 30.9 Å². The summed E-state index contributed by atoms with van der Waals surface area (Å²) in [5, 5.41) is 3.54. The molecule has 1 aromatic heterocycles. The van der Waals surface area contributed by atoms with Crippen LogP contribution in [0.4, 0.5) is 0 Å². The third kappa shape index (κ3) is 3.79. The van der Waals surface area contributed by atoms with Crippen molar-refractivity contribution in [3.05, 3.63) is 51.4 Å². The van der Waals surface area contributed by atoms with E-state index in [1.807, 2.05) is 0 Å². The molecule has 0 radical (unpaired) electrons. The Balaban J connectivity index is 1.77. The summed E-state index contributed by atoms with van der Waals surface area (Å²) in [7, 11) is 0. The average molecular weight is 332 g/mol. The molecule has 23 heavy (non-hydrogen) atoms. The molecule has 1 amide bonds. The van der Waals surface area contributed by atoms with Crippen LogP contribution in [0, 0.1) is 0 Å². The molecule has 5 nitrogen and oxygen atoms in total. The summed E-state index contributed by atoms with van der Waals surface area (Å²) in [6.45, 7) is 0. The normalized spacial score (nSPS) is 15.3. The van der Waals surface area contributed by atoms with Gasteiger partial charge in [-0.25, -0.2) is 4.98 Å². The number of amides is 1. The fourth-order valence-electron chi connectivity index (χ4n) is 2.82. The highest BCUT2D eigenvalue weighted by Gasteiger charge is 2.19. The van der Waals surface area contributed by atoms with E-state index in [0.717, 1.165) is 31.2 Å². The molecule has 3 rings (SSSR count). The molecule has 1 heterocycles. The van der Waals surface area contributed by atoms with Crippen molar-refractivity contribution in [1.29, 1.82) is 0 Å². The molecule has 0 unspecified atom stereocenters. The van der Waals surface area contributed by atoms with E-state index in [2.05, 4.69) is 15.3 Å². The maximum Gasteiger partial charge on any atom is 0.264 e. The minimum Gasteiger partial charge on any atom is -0.349 e. The summed E-state index contributed by atoms with van der Waals surface area (Å²) in [6.07, 6.45) is 6.73. The van der Waals surface area contributed by atoms with E-state index in [9.17, 15) is 9.59 Å². The van der Waals surface area contributed by atoms with Crippen molar-refractivity contribution in [2.75, 3.05) is 0 Å². The number of H-pyrrole nitrogens is 1. The second-order valence-corrected chi connectivity index (χ2v) is 6.23. The smallest absolute Gasteiger partial charge is 0.264 e. The Hall–Kier alpha value is -2.14. The van der Waals surface area contributed by atoms with Crippen LogP contribution in [0.5, 0.6) is 0 Å². The van der Waals surface area contributed by atoms with E-state index in [0.29, 0.717) is 10.8 Å². The number of carbonyl (C=O) groups excluding carboxylic acids is 1. The van der Waals surface area contributed by atoms with Crippen LogP contribution in [0.2, 0.25) is 5.02 Å². The maximum atomic E-state index is 12.2. The molecule has 1 saturated carbocycles. The van der Waals surface area contributed by atoms with Gasteiger partial charge >= 0.3 is 0 Å². The van der Waals surface area contributed by atoms with E-state index in [1.54, 1.807) is 24.3 Å². The van der Waals surface area contributed by atoms with Crippen LogP contribution >= 0.6 is 11.6 Å². The number of nitrogens with zero attached hydrogens (tertiary/aromatic N) is 1. The highest BCUT2D eigenvalue weighted by Crippen LogP contribution is 2.18. The molecule has 2 aromatic rings. The molecule has 0 atom stereocenters. The van der Waals surface area contributed by atoms with Gasteiger partial charge in [0.2, 0.25) is 0 Å². The van der Waals surface area contributed by atoms with Crippen molar-refractivity contribution < 1.29 is 4.79 Å². The van der Waals surface area contributed by atoms with Gasteiger partial charge < -0.3 is 10.3 Å². The Morgan fingerprint density at radius 3 is 2.52 bits per heavy atom. The van der Waals surface area contributed by atoms with Crippen molar-refractivity contribution in [2.24, 2.45) is 0 Å². The molecule has 1 aliphatic carbocycles. The number of hydrogen-bond donors (Lipinski definition) is 2. The number of nitrogens with one attached hydrogen (secondary N) is 2. The zero-order valence-corrected chi connectivity index (χ0v) is 13.4. The van der Waals surface area contributed by atoms with Crippen molar-refractivity contribution in [3.8, 4) is 11.4 Å². The van der Waals surface area contributed by atoms with Crippen LogP contribution < -0.4 is 10.9 Å². The number of aromatic amines is 1. The number of benzene rings is 1. The molecule has 1 aliphatic rings. The van der Waals surface area contributed by atoms with Crippen LogP contribution in [0.15, 0.2) is 35.3 Å². The molecule has 0 spiro atoms. The zero-order chi connectivity index (χ0) is 16.2. The lowest BCUT2D eigenvalue weighted by Crippen LogP contribution is -2.38. The lowest BCUT2D eigenvalue weighted by molar-refractivity contribution is 0.0926. The van der Waals surface area contributed by atoms with Gasteiger partial charge in [-0.05, 0) is 37.1 Å². The maximum absolute atomic E-state index is 12.2. The van der Waals surface area contributed by atoms with Crippen LogP contribution in [0.1, 0.15) is 42.5 Å². The predicted molar refractivity (Wildman–Crippen MR) is 89.6 cm³/mol. The van der Waals surface area contributed by atoms with Crippen molar-refractivity contribution in [3.63, 3.8) is 0 Å². The lowest BCUT2D eigenvalue weighted by atomic mass is 9.95. The zero-order valence-electron chi connectivity index (χ0n) is 12.6. The molecule has 0 bridgehead atoms. The van der Waals surface area contributed by atoms with Crippen molar-refractivity contribution in [2.45, 2.75) is 38.1 Å². The van der Waals surface area contributed by atoms with Crippen LogP contribution in [-0.2, 0) is 0 Å². The SMILES string of the molecule is O=C(NC1CCCCC1)c1cnc(-c2ccc(Cl)cc2)[nH]c1=O. The topological polar surface area (TPSA) is 74.8 Å². The predicted octanol–water partition coefficient (Wildman–Crippen LogP) is 3.15. The monoisotopic (exact) mass is 331 g/mol. The molecular weight excluding hydrogens is 314 g/mol. The second kappa shape index (κ2) is 6.96. The van der Waals surface area contributed by atoms with E-state index in [1.165, 1.54) is 12.6 Å². The summed E-state index contributed by atoms with van der Waals surface area (Å²) < 4.78 is 0. The lowest BCUT2D eigenvalue weighted by Gasteiger charge is -2.22.